The van der Waals surface area contributed by atoms with Gasteiger partial charge in [-0.05, 0) is 18.6 Å². The van der Waals surface area contributed by atoms with Crippen LogP contribution in [0.3, 0.4) is 0 Å². The maximum absolute atomic E-state index is 4.50. The first-order chi connectivity index (χ1) is 5.86. The molecule has 1 heterocycles. The fourth-order valence-corrected chi connectivity index (χ4v) is 1.36. The number of hydrogen-bond acceptors (Lipinski definition) is 1. The van der Waals surface area contributed by atoms with Crippen molar-refractivity contribution in [2.45, 2.75) is 13.0 Å². The third kappa shape index (κ3) is 1.30. The van der Waals surface area contributed by atoms with Crippen LogP contribution in [0, 0.1) is 0 Å². The van der Waals surface area contributed by atoms with E-state index in [-0.39, 0.29) is 6.04 Å². The summed E-state index contributed by atoms with van der Waals surface area (Å²) in [5.74, 6) is 0. The number of allylic oxidation sites excluding steroid dienone is 5. The molecule has 0 saturated carbocycles. The topological polar surface area (TPSA) is 12.4 Å². The van der Waals surface area contributed by atoms with E-state index in [2.05, 4.69) is 29.3 Å². The minimum absolute atomic E-state index is 0.241. The molecule has 0 N–H and O–H groups in total. The largest absolute Gasteiger partial charge is 0.278 e. The first-order valence-electron chi connectivity index (χ1n) is 4.14. The minimum atomic E-state index is 0.241. The number of nitrogens with zero attached hydrogens (tertiary/aromatic N) is 1. The summed E-state index contributed by atoms with van der Waals surface area (Å²) in [5, 5.41) is 0. The van der Waals surface area contributed by atoms with Gasteiger partial charge in [0.1, 0.15) is 0 Å². The van der Waals surface area contributed by atoms with E-state index in [0.29, 0.717) is 0 Å². The summed E-state index contributed by atoms with van der Waals surface area (Å²) in [5.41, 5.74) is 2.37. The van der Waals surface area contributed by atoms with Gasteiger partial charge in [0.25, 0.3) is 0 Å². The van der Waals surface area contributed by atoms with Gasteiger partial charge in [0.15, 0.2) is 0 Å². The molecule has 0 spiro atoms. The number of hydrogen-bond donors (Lipinski definition) is 0. The van der Waals surface area contributed by atoms with Crippen LogP contribution in [-0.2, 0) is 0 Å². The van der Waals surface area contributed by atoms with Gasteiger partial charge in [-0.15, -0.1) is 0 Å². The maximum Gasteiger partial charge on any atom is 0.0936 e. The highest BCUT2D eigenvalue weighted by molar-refractivity contribution is 5.94. The Morgan fingerprint density at radius 3 is 3.00 bits per heavy atom. The van der Waals surface area contributed by atoms with E-state index >= 15 is 0 Å². The average molecular weight is 157 g/mol. The summed E-state index contributed by atoms with van der Waals surface area (Å²) in [6.45, 7) is 2.03. The number of rotatable bonds is 0. The summed E-state index contributed by atoms with van der Waals surface area (Å²) >= 11 is 0. The van der Waals surface area contributed by atoms with Crippen LogP contribution in [0.4, 0.5) is 0 Å². The monoisotopic (exact) mass is 157 g/mol. The van der Waals surface area contributed by atoms with Gasteiger partial charge in [-0.3, -0.25) is 4.99 Å². The summed E-state index contributed by atoms with van der Waals surface area (Å²) in [6, 6.07) is 0.241. The summed E-state index contributed by atoms with van der Waals surface area (Å²) < 4.78 is 0. The molecular weight excluding hydrogens is 146 g/mol. The zero-order valence-corrected chi connectivity index (χ0v) is 7.07. The Morgan fingerprint density at radius 2 is 2.08 bits per heavy atom. The van der Waals surface area contributed by atoms with E-state index in [1.54, 1.807) is 0 Å². The van der Waals surface area contributed by atoms with Gasteiger partial charge < -0.3 is 0 Å². The smallest absolute Gasteiger partial charge is 0.0936 e. The van der Waals surface area contributed by atoms with Crippen molar-refractivity contribution in [2.24, 2.45) is 4.99 Å². The van der Waals surface area contributed by atoms with Crippen molar-refractivity contribution in [3.8, 4) is 0 Å². The molecule has 0 saturated heterocycles. The van der Waals surface area contributed by atoms with Crippen molar-refractivity contribution in [3.63, 3.8) is 0 Å². The fourth-order valence-electron chi connectivity index (χ4n) is 1.36. The van der Waals surface area contributed by atoms with E-state index in [9.17, 15) is 0 Å². The molecule has 0 amide bonds. The lowest BCUT2D eigenvalue weighted by molar-refractivity contribution is 0.971. The Balaban J connectivity index is 2.39. The molecule has 2 rings (SSSR count). The molecule has 2 aliphatic rings. The maximum atomic E-state index is 4.50. The van der Waals surface area contributed by atoms with Crippen LogP contribution in [0.2, 0.25) is 0 Å². The van der Waals surface area contributed by atoms with Crippen molar-refractivity contribution in [1.29, 1.82) is 0 Å². The molecule has 0 aromatic heterocycles. The van der Waals surface area contributed by atoms with Gasteiger partial charge in [-0.1, -0.05) is 36.5 Å². The molecule has 12 heavy (non-hydrogen) atoms. The molecule has 1 nitrogen and oxygen atoms in total. The van der Waals surface area contributed by atoms with Gasteiger partial charge in [0.2, 0.25) is 0 Å². The molecular formula is C11H11N. The standard InChI is InChI=1S/C11H11N/c1-9-7-8-10-5-3-2-4-6-11(10)12-9/h2-8,11H,1H3. The number of aliphatic imine (C=N–C) groups is 1. The van der Waals surface area contributed by atoms with E-state index < -0.39 is 0 Å². The molecule has 1 unspecified atom stereocenters. The van der Waals surface area contributed by atoms with Gasteiger partial charge in [0.05, 0.1) is 6.04 Å². The molecule has 1 heteroatoms. The Morgan fingerprint density at radius 1 is 1.17 bits per heavy atom. The van der Waals surface area contributed by atoms with Gasteiger partial charge >= 0.3 is 0 Å². The highest BCUT2D eigenvalue weighted by atomic mass is 14.8. The van der Waals surface area contributed by atoms with Crippen LogP contribution in [-0.4, -0.2) is 11.8 Å². The first-order valence-corrected chi connectivity index (χ1v) is 4.14. The van der Waals surface area contributed by atoms with Crippen LogP contribution in [0.5, 0.6) is 0 Å². The molecule has 0 bridgehead atoms. The lowest BCUT2D eigenvalue weighted by Crippen LogP contribution is -2.09. The van der Waals surface area contributed by atoms with Crippen molar-refractivity contribution in [1.82, 2.24) is 0 Å². The van der Waals surface area contributed by atoms with Crippen molar-refractivity contribution in [2.75, 3.05) is 0 Å². The predicted octanol–water partition coefficient (Wildman–Crippen LogP) is 2.44. The lowest BCUT2D eigenvalue weighted by atomic mass is 10.0. The molecule has 0 radical (unpaired) electrons. The summed E-state index contributed by atoms with van der Waals surface area (Å²) in [7, 11) is 0. The van der Waals surface area contributed by atoms with E-state index in [0.717, 1.165) is 5.71 Å². The predicted molar refractivity (Wildman–Crippen MR) is 52.4 cm³/mol. The van der Waals surface area contributed by atoms with Gasteiger partial charge in [0, 0.05) is 5.71 Å². The molecule has 0 fully saturated rings. The number of dihydropyridines is 1. The van der Waals surface area contributed by atoms with Crippen LogP contribution >= 0.6 is 0 Å². The van der Waals surface area contributed by atoms with E-state index in [1.807, 2.05) is 25.2 Å². The second-order valence-electron chi connectivity index (χ2n) is 2.99. The number of fused-ring (bicyclic) bond motifs is 1. The average Bonchev–Trinajstić information content (AvgIpc) is 2.28. The molecule has 1 aliphatic carbocycles. The van der Waals surface area contributed by atoms with Crippen molar-refractivity contribution in [3.05, 3.63) is 48.1 Å². The van der Waals surface area contributed by atoms with Gasteiger partial charge in [-0.2, -0.15) is 0 Å². The molecule has 1 aliphatic heterocycles. The quantitative estimate of drug-likeness (QED) is 0.512. The Labute approximate surface area is 72.5 Å². The van der Waals surface area contributed by atoms with Crippen LogP contribution in [0.1, 0.15) is 6.92 Å². The Bertz CT molecular complexity index is 327. The zero-order valence-electron chi connectivity index (χ0n) is 7.07. The van der Waals surface area contributed by atoms with Crippen molar-refractivity contribution >= 4 is 5.71 Å². The molecule has 1 atom stereocenters. The second kappa shape index (κ2) is 2.94. The van der Waals surface area contributed by atoms with Crippen LogP contribution in [0.15, 0.2) is 53.1 Å². The third-order valence-corrected chi connectivity index (χ3v) is 2.01. The third-order valence-electron chi connectivity index (χ3n) is 2.01. The van der Waals surface area contributed by atoms with Gasteiger partial charge in [-0.25, -0.2) is 0 Å². The van der Waals surface area contributed by atoms with E-state index in [1.165, 1.54) is 5.57 Å². The Kier molecular flexibility index (Phi) is 1.78. The van der Waals surface area contributed by atoms with E-state index in [4.69, 9.17) is 0 Å². The highest BCUT2D eigenvalue weighted by Crippen LogP contribution is 2.17. The molecule has 0 aromatic rings. The van der Waals surface area contributed by atoms with Crippen LogP contribution < -0.4 is 0 Å². The normalized spacial score (nSPS) is 25.9. The SMILES string of the molecule is CC1=NC2C=CC=CC=C2C=C1. The fraction of sp³-hybridized carbons (Fsp3) is 0.182. The summed E-state index contributed by atoms with van der Waals surface area (Å²) in [6.07, 6.45) is 14.5. The highest BCUT2D eigenvalue weighted by Gasteiger charge is 2.10. The van der Waals surface area contributed by atoms with Crippen molar-refractivity contribution < 1.29 is 0 Å². The van der Waals surface area contributed by atoms with Crippen LogP contribution in [0.25, 0.3) is 0 Å². The Hall–Kier alpha value is -1.37. The lowest BCUT2D eigenvalue weighted by Gasteiger charge is -2.13. The molecule has 0 aromatic carbocycles. The molecule has 60 valence electrons. The first kappa shape index (κ1) is 7.29. The second-order valence-corrected chi connectivity index (χ2v) is 2.99. The minimum Gasteiger partial charge on any atom is -0.278 e. The zero-order chi connectivity index (χ0) is 8.39. The summed E-state index contributed by atoms with van der Waals surface area (Å²) in [4.78, 5) is 4.50.